The van der Waals surface area contributed by atoms with Crippen LogP contribution in [0.4, 0.5) is 0 Å². The summed E-state index contributed by atoms with van der Waals surface area (Å²) in [7, 11) is 0. The van der Waals surface area contributed by atoms with Crippen LogP contribution in [0.2, 0.25) is 0 Å². The Morgan fingerprint density at radius 1 is 1.11 bits per heavy atom. The molecule has 0 aromatic carbocycles. The molecular weight excluding hydrogens is 260 g/mol. The molecule has 0 aliphatic carbocycles. The predicted molar refractivity (Wildman–Crippen MR) is 81.7 cm³/mol. The third-order valence-corrected chi connectivity index (χ3v) is 4.70. The standard InChI is InChI=1S/C15H28N2O.ClH/c1-2-13-4-3-10-17(11-7-13)15(18)12-14-5-8-16-9-6-14;/h13-14,16H,2-12H2,1H3;1H. The Kier molecular flexibility index (Phi) is 7.77. The van der Waals surface area contributed by atoms with Gasteiger partial charge in [-0.05, 0) is 57.0 Å². The minimum Gasteiger partial charge on any atom is -0.343 e. The third-order valence-electron chi connectivity index (χ3n) is 4.70. The number of nitrogens with zero attached hydrogens (tertiary/aromatic N) is 1. The highest BCUT2D eigenvalue weighted by molar-refractivity contribution is 5.85. The monoisotopic (exact) mass is 288 g/mol. The molecule has 0 spiro atoms. The second-order valence-corrected chi connectivity index (χ2v) is 5.98. The number of rotatable bonds is 3. The van der Waals surface area contributed by atoms with Gasteiger partial charge in [-0.1, -0.05) is 13.3 Å². The fourth-order valence-corrected chi connectivity index (χ4v) is 3.28. The van der Waals surface area contributed by atoms with E-state index in [-0.39, 0.29) is 12.4 Å². The lowest BCUT2D eigenvalue weighted by Crippen LogP contribution is -2.36. The molecule has 2 aliphatic rings. The zero-order chi connectivity index (χ0) is 12.8. The van der Waals surface area contributed by atoms with Gasteiger partial charge in [0, 0.05) is 19.5 Å². The highest BCUT2D eigenvalue weighted by Crippen LogP contribution is 2.22. The van der Waals surface area contributed by atoms with Gasteiger partial charge in [0.25, 0.3) is 0 Å². The molecule has 2 rings (SSSR count). The molecule has 112 valence electrons. The van der Waals surface area contributed by atoms with Crippen molar-refractivity contribution >= 4 is 18.3 Å². The molecule has 0 bridgehead atoms. The van der Waals surface area contributed by atoms with Crippen LogP contribution in [-0.4, -0.2) is 37.0 Å². The van der Waals surface area contributed by atoms with Crippen molar-refractivity contribution in [3.8, 4) is 0 Å². The van der Waals surface area contributed by atoms with Crippen LogP contribution in [0.3, 0.4) is 0 Å². The number of amides is 1. The molecule has 0 radical (unpaired) electrons. The molecule has 2 fully saturated rings. The van der Waals surface area contributed by atoms with Crippen LogP contribution in [0.1, 0.15) is 51.9 Å². The van der Waals surface area contributed by atoms with Crippen LogP contribution in [0.15, 0.2) is 0 Å². The maximum Gasteiger partial charge on any atom is 0.222 e. The Bertz CT molecular complexity index is 267. The zero-order valence-electron chi connectivity index (χ0n) is 12.2. The summed E-state index contributed by atoms with van der Waals surface area (Å²) >= 11 is 0. The average Bonchev–Trinajstić information content (AvgIpc) is 2.65. The summed E-state index contributed by atoms with van der Waals surface area (Å²) in [6.07, 6.45) is 8.15. The van der Waals surface area contributed by atoms with Crippen LogP contribution in [0, 0.1) is 11.8 Å². The summed E-state index contributed by atoms with van der Waals surface area (Å²) in [6, 6.07) is 0. The fraction of sp³-hybridized carbons (Fsp3) is 0.933. The van der Waals surface area contributed by atoms with E-state index in [9.17, 15) is 4.79 Å². The maximum atomic E-state index is 12.3. The Morgan fingerprint density at radius 3 is 2.53 bits per heavy atom. The number of halogens is 1. The van der Waals surface area contributed by atoms with E-state index in [1.165, 1.54) is 38.5 Å². The van der Waals surface area contributed by atoms with E-state index in [1.54, 1.807) is 0 Å². The number of hydrogen-bond donors (Lipinski definition) is 1. The number of piperidine rings is 1. The molecule has 1 unspecified atom stereocenters. The summed E-state index contributed by atoms with van der Waals surface area (Å²) in [5.74, 6) is 1.89. The molecule has 0 aromatic heterocycles. The van der Waals surface area contributed by atoms with Gasteiger partial charge in [-0.15, -0.1) is 12.4 Å². The Hall–Kier alpha value is -0.280. The average molecular weight is 289 g/mol. The molecule has 0 saturated carbocycles. The number of carbonyl (C=O) groups is 1. The third kappa shape index (κ3) is 5.31. The second-order valence-electron chi connectivity index (χ2n) is 5.98. The molecule has 1 amide bonds. The van der Waals surface area contributed by atoms with Crippen LogP contribution in [-0.2, 0) is 4.79 Å². The van der Waals surface area contributed by atoms with Gasteiger partial charge >= 0.3 is 0 Å². The van der Waals surface area contributed by atoms with E-state index >= 15 is 0 Å². The van der Waals surface area contributed by atoms with Gasteiger partial charge in [0.05, 0.1) is 0 Å². The molecule has 19 heavy (non-hydrogen) atoms. The lowest BCUT2D eigenvalue weighted by molar-refractivity contribution is -0.132. The van der Waals surface area contributed by atoms with E-state index in [0.717, 1.165) is 38.5 Å². The molecular formula is C15H29ClN2O. The van der Waals surface area contributed by atoms with Crippen molar-refractivity contribution in [2.75, 3.05) is 26.2 Å². The molecule has 3 nitrogen and oxygen atoms in total. The summed E-state index contributed by atoms with van der Waals surface area (Å²) in [5, 5.41) is 3.37. The molecule has 2 heterocycles. The fourth-order valence-electron chi connectivity index (χ4n) is 3.28. The Morgan fingerprint density at radius 2 is 1.84 bits per heavy atom. The minimum atomic E-state index is 0. The first-order chi connectivity index (χ1) is 8.79. The van der Waals surface area contributed by atoms with Crippen molar-refractivity contribution in [1.82, 2.24) is 10.2 Å². The van der Waals surface area contributed by atoms with Gasteiger partial charge in [-0.25, -0.2) is 0 Å². The summed E-state index contributed by atoms with van der Waals surface area (Å²) < 4.78 is 0. The molecule has 0 aromatic rings. The van der Waals surface area contributed by atoms with E-state index in [2.05, 4.69) is 17.1 Å². The first-order valence-electron chi connectivity index (χ1n) is 7.78. The number of carbonyl (C=O) groups excluding carboxylic acids is 1. The highest BCUT2D eigenvalue weighted by atomic mass is 35.5. The quantitative estimate of drug-likeness (QED) is 0.866. The smallest absolute Gasteiger partial charge is 0.222 e. The molecule has 1 N–H and O–H groups in total. The number of nitrogens with one attached hydrogen (secondary N) is 1. The zero-order valence-corrected chi connectivity index (χ0v) is 13.0. The van der Waals surface area contributed by atoms with Gasteiger partial charge < -0.3 is 10.2 Å². The van der Waals surface area contributed by atoms with E-state index in [0.29, 0.717) is 11.8 Å². The number of likely N-dealkylation sites (tertiary alicyclic amines) is 1. The van der Waals surface area contributed by atoms with Crippen molar-refractivity contribution < 1.29 is 4.79 Å². The van der Waals surface area contributed by atoms with E-state index in [1.807, 2.05) is 0 Å². The first-order valence-corrected chi connectivity index (χ1v) is 7.78. The second kappa shape index (κ2) is 8.80. The summed E-state index contributed by atoms with van der Waals surface area (Å²) in [6.45, 7) is 6.46. The van der Waals surface area contributed by atoms with E-state index in [4.69, 9.17) is 0 Å². The van der Waals surface area contributed by atoms with Crippen molar-refractivity contribution in [3.63, 3.8) is 0 Å². The lowest BCUT2D eigenvalue weighted by atomic mass is 9.94. The van der Waals surface area contributed by atoms with Crippen molar-refractivity contribution in [2.24, 2.45) is 11.8 Å². The van der Waals surface area contributed by atoms with E-state index < -0.39 is 0 Å². The van der Waals surface area contributed by atoms with Gasteiger partial charge in [0.1, 0.15) is 0 Å². The highest BCUT2D eigenvalue weighted by Gasteiger charge is 2.23. The Balaban J connectivity index is 0.00000180. The van der Waals surface area contributed by atoms with Gasteiger partial charge in [0.2, 0.25) is 5.91 Å². The number of hydrogen-bond acceptors (Lipinski definition) is 2. The normalized spacial score (nSPS) is 25.5. The van der Waals surface area contributed by atoms with Crippen LogP contribution in [0.5, 0.6) is 0 Å². The predicted octanol–water partition coefficient (Wildman–Crippen LogP) is 2.84. The summed E-state index contributed by atoms with van der Waals surface area (Å²) in [5.41, 5.74) is 0. The molecule has 4 heteroatoms. The van der Waals surface area contributed by atoms with Gasteiger partial charge in [-0.2, -0.15) is 0 Å². The maximum absolute atomic E-state index is 12.3. The minimum absolute atomic E-state index is 0. The largest absolute Gasteiger partial charge is 0.343 e. The molecule has 1 atom stereocenters. The topological polar surface area (TPSA) is 32.3 Å². The van der Waals surface area contributed by atoms with Crippen LogP contribution >= 0.6 is 12.4 Å². The SMILES string of the molecule is CCC1CCCN(C(=O)CC2CCNCC2)CC1.Cl. The van der Waals surface area contributed by atoms with Crippen molar-refractivity contribution in [2.45, 2.75) is 51.9 Å². The molecule has 2 saturated heterocycles. The van der Waals surface area contributed by atoms with Gasteiger partial charge in [-0.3, -0.25) is 4.79 Å². The Labute approximate surface area is 123 Å². The van der Waals surface area contributed by atoms with Crippen molar-refractivity contribution in [1.29, 1.82) is 0 Å². The van der Waals surface area contributed by atoms with Crippen molar-refractivity contribution in [3.05, 3.63) is 0 Å². The molecule has 2 aliphatic heterocycles. The van der Waals surface area contributed by atoms with Gasteiger partial charge in [0.15, 0.2) is 0 Å². The summed E-state index contributed by atoms with van der Waals surface area (Å²) in [4.78, 5) is 14.5. The lowest BCUT2D eigenvalue weighted by Gasteiger charge is -2.26. The first kappa shape index (κ1) is 16.8. The van der Waals surface area contributed by atoms with Crippen LogP contribution < -0.4 is 5.32 Å². The van der Waals surface area contributed by atoms with Crippen LogP contribution in [0.25, 0.3) is 0 Å².